The number of methoxy groups -OCH3 is 2. The van der Waals surface area contributed by atoms with Crippen LogP contribution in [0.5, 0.6) is 17.2 Å². The fraction of sp³-hybridized carbons (Fsp3) is 0.409. The number of primary amides is 1. The molecule has 0 unspecified atom stereocenters. The Labute approximate surface area is 176 Å². The number of aliphatic hydroxyl groups excluding tert-OH is 1. The molecule has 1 heterocycles. The summed E-state index contributed by atoms with van der Waals surface area (Å²) in [7, 11) is 3.19. The number of hydrogen-bond acceptors (Lipinski definition) is 7. The van der Waals surface area contributed by atoms with Crippen LogP contribution < -0.4 is 19.9 Å². The summed E-state index contributed by atoms with van der Waals surface area (Å²) in [4.78, 5) is 13.2. The van der Waals surface area contributed by atoms with Crippen molar-refractivity contribution in [1.82, 2.24) is 4.90 Å². The third-order valence-corrected chi connectivity index (χ3v) is 5.05. The largest absolute Gasteiger partial charge is 0.493 e. The quantitative estimate of drug-likeness (QED) is 0.638. The van der Waals surface area contributed by atoms with Gasteiger partial charge in [0.1, 0.15) is 11.9 Å². The van der Waals surface area contributed by atoms with Crippen molar-refractivity contribution in [3.05, 3.63) is 53.6 Å². The van der Waals surface area contributed by atoms with E-state index in [1.165, 1.54) is 0 Å². The van der Waals surface area contributed by atoms with Gasteiger partial charge in [0, 0.05) is 13.1 Å². The van der Waals surface area contributed by atoms with Crippen molar-refractivity contribution in [3.63, 3.8) is 0 Å². The van der Waals surface area contributed by atoms with E-state index in [0.29, 0.717) is 36.9 Å². The number of carbonyl (C=O) groups excluding carboxylic acids is 1. The van der Waals surface area contributed by atoms with Gasteiger partial charge in [0.15, 0.2) is 18.1 Å². The lowest BCUT2D eigenvalue weighted by atomic mass is 9.97. The van der Waals surface area contributed by atoms with E-state index in [4.69, 9.17) is 24.7 Å². The van der Waals surface area contributed by atoms with E-state index in [-0.39, 0.29) is 25.4 Å². The Morgan fingerprint density at radius 3 is 2.70 bits per heavy atom. The van der Waals surface area contributed by atoms with Crippen molar-refractivity contribution >= 4 is 5.91 Å². The van der Waals surface area contributed by atoms with E-state index in [9.17, 15) is 9.90 Å². The first-order valence-corrected chi connectivity index (χ1v) is 9.74. The molecular weight excluding hydrogens is 388 g/mol. The van der Waals surface area contributed by atoms with Gasteiger partial charge in [0.25, 0.3) is 5.91 Å². The second-order valence-electron chi connectivity index (χ2n) is 7.02. The Hall–Kier alpha value is -2.81. The van der Waals surface area contributed by atoms with Gasteiger partial charge < -0.3 is 29.8 Å². The maximum atomic E-state index is 11.0. The lowest BCUT2D eigenvalue weighted by Gasteiger charge is -2.41. The van der Waals surface area contributed by atoms with E-state index >= 15 is 0 Å². The molecule has 3 N–H and O–H groups in total. The number of benzene rings is 2. The third-order valence-electron chi connectivity index (χ3n) is 5.05. The van der Waals surface area contributed by atoms with Crippen molar-refractivity contribution in [1.29, 1.82) is 0 Å². The van der Waals surface area contributed by atoms with Crippen molar-refractivity contribution in [2.24, 2.45) is 5.73 Å². The molecule has 8 nitrogen and oxygen atoms in total. The Morgan fingerprint density at radius 2 is 2.00 bits per heavy atom. The summed E-state index contributed by atoms with van der Waals surface area (Å²) in [5.74, 6) is 1.33. The van der Waals surface area contributed by atoms with E-state index in [1.54, 1.807) is 20.3 Å². The predicted octanol–water partition coefficient (Wildman–Crippen LogP) is 1.50. The van der Waals surface area contributed by atoms with Crippen LogP contribution in [0.4, 0.5) is 0 Å². The summed E-state index contributed by atoms with van der Waals surface area (Å²) in [5.41, 5.74) is 7.14. The zero-order valence-corrected chi connectivity index (χ0v) is 17.2. The average Bonchev–Trinajstić information content (AvgIpc) is 2.77. The summed E-state index contributed by atoms with van der Waals surface area (Å²) < 4.78 is 22.1. The van der Waals surface area contributed by atoms with Gasteiger partial charge >= 0.3 is 0 Å². The molecule has 0 aromatic heterocycles. The highest BCUT2D eigenvalue weighted by Crippen LogP contribution is 2.36. The first kappa shape index (κ1) is 21.9. The molecule has 3 rings (SSSR count). The van der Waals surface area contributed by atoms with Crippen LogP contribution in [-0.4, -0.2) is 62.6 Å². The molecule has 162 valence electrons. The number of hydrogen-bond donors (Lipinski definition) is 2. The van der Waals surface area contributed by atoms with Gasteiger partial charge in [-0.2, -0.15) is 0 Å². The second kappa shape index (κ2) is 10.3. The second-order valence-corrected chi connectivity index (χ2v) is 7.02. The van der Waals surface area contributed by atoms with Crippen molar-refractivity contribution in [2.75, 3.05) is 40.6 Å². The molecule has 0 spiro atoms. The number of amides is 1. The SMILES string of the molecule is COc1ccc([C@@H]2[C@@H](CO)OCCN2Cc2cccc(OCC(N)=O)c2)cc1OC. The number of aliphatic hydroxyl groups is 1. The zero-order valence-electron chi connectivity index (χ0n) is 17.2. The smallest absolute Gasteiger partial charge is 0.255 e. The van der Waals surface area contributed by atoms with E-state index < -0.39 is 5.91 Å². The molecule has 0 aliphatic carbocycles. The maximum absolute atomic E-state index is 11.0. The number of carbonyl (C=O) groups is 1. The highest BCUT2D eigenvalue weighted by Gasteiger charge is 2.33. The maximum Gasteiger partial charge on any atom is 0.255 e. The molecule has 1 saturated heterocycles. The summed E-state index contributed by atoms with van der Waals surface area (Å²) >= 11 is 0. The van der Waals surface area contributed by atoms with E-state index in [2.05, 4.69) is 4.90 Å². The van der Waals surface area contributed by atoms with Gasteiger partial charge in [-0.3, -0.25) is 9.69 Å². The van der Waals surface area contributed by atoms with E-state index in [0.717, 1.165) is 11.1 Å². The normalized spacial score (nSPS) is 19.3. The topological polar surface area (TPSA) is 103 Å². The Bertz CT molecular complexity index is 859. The molecule has 1 aliphatic heterocycles. The van der Waals surface area contributed by atoms with Gasteiger partial charge in [-0.05, 0) is 35.4 Å². The number of nitrogens with two attached hydrogens (primary N) is 1. The summed E-state index contributed by atoms with van der Waals surface area (Å²) in [6.07, 6.45) is -0.369. The highest BCUT2D eigenvalue weighted by atomic mass is 16.5. The van der Waals surface area contributed by atoms with Crippen LogP contribution in [0.25, 0.3) is 0 Å². The molecule has 1 fully saturated rings. The van der Waals surface area contributed by atoms with Gasteiger partial charge in [0.2, 0.25) is 0 Å². The summed E-state index contributed by atoms with van der Waals surface area (Å²) in [6, 6.07) is 13.1. The van der Waals surface area contributed by atoms with Crippen molar-refractivity contribution in [2.45, 2.75) is 18.7 Å². The van der Waals surface area contributed by atoms with Crippen molar-refractivity contribution in [3.8, 4) is 17.2 Å². The minimum atomic E-state index is -0.520. The Morgan fingerprint density at radius 1 is 1.20 bits per heavy atom. The number of rotatable bonds is 9. The van der Waals surface area contributed by atoms with Gasteiger partial charge in [-0.1, -0.05) is 18.2 Å². The minimum Gasteiger partial charge on any atom is -0.493 e. The van der Waals surface area contributed by atoms with Crippen LogP contribution in [0.3, 0.4) is 0 Å². The molecule has 1 aliphatic rings. The summed E-state index contributed by atoms with van der Waals surface area (Å²) in [5, 5.41) is 9.93. The highest BCUT2D eigenvalue weighted by molar-refractivity contribution is 5.75. The Kier molecular flexibility index (Phi) is 7.51. The molecule has 0 saturated carbocycles. The fourth-order valence-corrected chi connectivity index (χ4v) is 3.70. The van der Waals surface area contributed by atoms with Crippen LogP contribution in [0.2, 0.25) is 0 Å². The Balaban J connectivity index is 1.85. The molecule has 2 aromatic rings. The van der Waals surface area contributed by atoms with E-state index in [1.807, 2.05) is 36.4 Å². The average molecular weight is 416 g/mol. The zero-order chi connectivity index (χ0) is 21.5. The lowest BCUT2D eigenvalue weighted by Crippen LogP contribution is -2.46. The monoisotopic (exact) mass is 416 g/mol. The molecule has 1 amide bonds. The molecule has 30 heavy (non-hydrogen) atoms. The third kappa shape index (κ3) is 5.21. The molecular formula is C22H28N2O6. The molecule has 8 heteroatoms. The van der Waals surface area contributed by atoms with Crippen molar-refractivity contribution < 1.29 is 28.8 Å². The molecule has 2 atom stereocenters. The number of nitrogens with zero attached hydrogens (tertiary/aromatic N) is 1. The molecule has 2 aromatic carbocycles. The number of morpholine rings is 1. The first-order valence-electron chi connectivity index (χ1n) is 9.74. The lowest BCUT2D eigenvalue weighted by molar-refractivity contribution is -0.119. The minimum absolute atomic E-state index is 0.0999. The van der Waals surface area contributed by atoms with Gasteiger partial charge in [-0.25, -0.2) is 0 Å². The predicted molar refractivity (Wildman–Crippen MR) is 111 cm³/mol. The molecule has 0 bridgehead atoms. The van der Waals surface area contributed by atoms with Crippen LogP contribution in [0.15, 0.2) is 42.5 Å². The standard InChI is InChI=1S/C22H28N2O6/c1-27-18-7-6-16(11-19(18)28-2)22-20(13-25)29-9-8-24(22)12-15-4-3-5-17(10-15)30-14-21(23)26/h3-7,10-11,20,22,25H,8-9,12-14H2,1-2H3,(H2,23,26)/t20-,22-/m1/s1. The van der Waals surface area contributed by atoms with Crippen LogP contribution >= 0.6 is 0 Å². The summed E-state index contributed by atoms with van der Waals surface area (Å²) in [6.45, 7) is 1.57. The first-order chi connectivity index (χ1) is 14.5. The number of ether oxygens (including phenoxy) is 4. The van der Waals surface area contributed by atoms with Gasteiger partial charge in [0.05, 0.1) is 33.5 Å². The fourth-order valence-electron chi connectivity index (χ4n) is 3.70. The van der Waals surface area contributed by atoms with Crippen LogP contribution in [0, 0.1) is 0 Å². The van der Waals surface area contributed by atoms with Crippen LogP contribution in [0.1, 0.15) is 17.2 Å². The van der Waals surface area contributed by atoms with Gasteiger partial charge in [-0.15, -0.1) is 0 Å². The molecule has 0 radical (unpaired) electrons. The van der Waals surface area contributed by atoms with Crippen LogP contribution in [-0.2, 0) is 16.1 Å².